The Bertz CT molecular complexity index is 933. The number of alkyl halides is 3. The molecule has 0 fully saturated rings. The smallest absolute Gasteiger partial charge is 0.258 e. The molecule has 0 saturated heterocycles. The Balaban J connectivity index is 2.78. The van der Waals surface area contributed by atoms with Gasteiger partial charge in [-0.2, -0.15) is 13.2 Å². The van der Waals surface area contributed by atoms with Crippen molar-refractivity contribution < 1.29 is 30.1 Å². The third-order valence-corrected chi connectivity index (χ3v) is 7.24. The quantitative estimate of drug-likeness (QED) is 0.282. The molecule has 0 heterocycles. The number of nitro groups is 1. The topological polar surface area (TPSA) is 91.7 Å². The number of hydrogen-bond acceptors (Lipinski definition) is 3. The lowest BCUT2D eigenvalue weighted by molar-refractivity contribution is -0.383. The molecule has 1 N–H and O–H groups in total. The molecule has 6 nitrogen and oxygen atoms in total. The van der Waals surface area contributed by atoms with Gasteiger partial charge in [-0.1, -0.05) is 18.2 Å². The van der Waals surface area contributed by atoms with Gasteiger partial charge in [0.15, 0.2) is 0 Å². The van der Waals surface area contributed by atoms with E-state index in [2.05, 4.69) is 3.29 Å². The second-order valence-electron chi connectivity index (χ2n) is 5.11. The normalized spacial score (nSPS) is 15.8. The minimum atomic E-state index is -5.55. The van der Waals surface area contributed by atoms with E-state index in [9.17, 15) is 27.5 Å². The Morgan fingerprint density at radius 1 is 1.12 bits per heavy atom. The highest BCUT2D eigenvalue weighted by Crippen LogP contribution is 2.53. The molecule has 24 heavy (non-hydrogen) atoms. The molecule has 2 aromatic rings. The average Bonchev–Trinajstić information content (AvgIpc) is 2.43. The molecule has 0 amide bonds. The summed E-state index contributed by atoms with van der Waals surface area (Å²) in [5, 5.41) is 11.6. The van der Waals surface area contributed by atoms with Gasteiger partial charge in [0, 0.05) is 11.5 Å². The molecule has 0 radical (unpaired) electrons. The van der Waals surface area contributed by atoms with E-state index in [1.807, 2.05) is 0 Å². The zero-order valence-electron chi connectivity index (χ0n) is 12.4. The van der Waals surface area contributed by atoms with Crippen molar-refractivity contribution in [1.82, 2.24) is 0 Å². The fraction of sp³-hybridized carbons (Fsp3) is 0.231. The van der Waals surface area contributed by atoms with Gasteiger partial charge in [-0.15, -0.1) is 7.49 Å². The molecule has 1 atom stereocenters. The van der Waals surface area contributed by atoms with Gasteiger partial charge >= 0.3 is 15.6 Å². The molecule has 0 saturated carbocycles. The molecule has 0 aliphatic heterocycles. The van der Waals surface area contributed by atoms with Gasteiger partial charge in [0.05, 0.1) is 27.7 Å². The predicted molar refractivity (Wildman–Crippen MR) is 85.8 cm³/mol. The van der Waals surface area contributed by atoms with E-state index in [0.717, 1.165) is 6.07 Å². The lowest BCUT2D eigenvalue weighted by Gasteiger charge is -2.17. The van der Waals surface area contributed by atoms with E-state index >= 15 is 0 Å². The largest absolute Gasteiger partial charge is 0.576 e. The second kappa shape index (κ2) is 5.90. The van der Waals surface area contributed by atoms with E-state index in [4.69, 9.17) is 4.55 Å². The van der Waals surface area contributed by atoms with E-state index in [1.54, 1.807) is 12.1 Å². The predicted octanol–water partition coefficient (Wildman–Crippen LogP) is 4.24. The standard InChI is InChI=1S/C13H12F3NO5S2/c1-23(2,22-24(20,21)13(14,15)16)12-8-7-11(17(18)19)9-5-3-4-6-10(9)12/h3-8H,1-2H3/p+1. The molecule has 0 spiro atoms. The number of non-ortho nitro benzene ring substituents is 1. The zero-order valence-corrected chi connectivity index (χ0v) is 14.1. The lowest BCUT2D eigenvalue weighted by Crippen LogP contribution is -2.24. The lowest BCUT2D eigenvalue weighted by atomic mass is 10.1. The van der Waals surface area contributed by atoms with Crippen molar-refractivity contribution in [3.63, 3.8) is 0 Å². The number of nitro benzene ring substituents is 1. The first-order valence-corrected chi connectivity index (χ1v) is 10.1. The fourth-order valence-electron chi connectivity index (χ4n) is 2.15. The van der Waals surface area contributed by atoms with Crippen LogP contribution in [0, 0.1) is 10.1 Å². The van der Waals surface area contributed by atoms with Gasteiger partial charge in [-0.25, -0.2) is 4.55 Å². The first-order valence-electron chi connectivity index (χ1n) is 6.30. The van der Waals surface area contributed by atoms with Gasteiger partial charge in [0.25, 0.3) is 5.69 Å². The van der Waals surface area contributed by atoms with Crippen LogP contribution in [0.3, 0.4) is 0 Å². The maximum Gasteiger partial charge on any atom is 0.576 e. The van der Waals surface area contributed by atoms with Gasteiger partial charge in [-0.3, -0.25) is 10.1 Å². The summed E-state index contributed by atoms with van der Waals surface area (Å²) in [5.74, 6) is 0. The maximum absolute atomic E-state index is 12.6. The van der Waals surface area contributed by atoms with Crippen LogP contribution in [-0.4, -0.2) is 31.7 Å². The Labute approximate surface area is 137 Å². The van der Waals surface area contributed by atoms with E-state index in [-0.39, 0.29) is 16.0 Å². The maximum atomic E-state index is 12.6. The molecule has 132 valence electrons. The molecular formula is C13H13F3NO5S2+. The first kappa shape index (κ1) is 18.5. The van der Waals surface area contributed by atoms with Gasteiger partial charge < -0.3 is 0 Å². The van der Waals surface area contributed by atoms with E-state index in [1.165, 1.54) is 30.7 Å². The minimum absolute atomic E-state index is 0.203. The summed E-state index contributed by atoms with van der Waals surface area (Å²) in [5.41, 5.74) is -5.65. The first-order chi connectivity index (χ1) is 10.9. The van der Waals surface area contributed by atoms with Crippen LogP contribution in [0.4, 0.5) is 18.9 Å². The van der Waals surface area contributed by atoms with Crippen molar-refractivity contribution in [2.75, 3.05) is 12.5 Å². The van der Waals surface area contributed by atoms with Crippen LogP contribution in [-0.2, 0) is 13.4 Å². The Hall–Kier alpha value is -1.85. The molecule has 0 aromatic heterocycles. The highest BCUT2D eigenvalue weighted by molar-refractivity contribution is 8.29. The van der Waals surface area contributed by atoms with Crippen LogP contribution >= 0.6 is 10.3 Å². The second-order valence-corrected chi connectivity index (χ2v) is 9.97. The molecule has 11 heteroatoms. The van der Waals surface area contributed by atoms with Crippen LogP contribution in [0.2, 0.25) is 0 Å². The number of nitrogens with zero attached hydrogens (tertiary/aromatic N) is 1. The van der Waals surface area contributed by atoms with Crippen molar-refractivity contribution in [3.05, 3.63) is 46.5 Å². The Morgan fingerprint density at radius 3 is 2.17 bits per heavy atom. The van der Waals surface area contributed by atoms with Gasteiger partial charge in [-0.05, 0) is 12.1 Å². The number of fused-ring (bicyclic) bond motifs is 1. The van der Waals surface area contributed by atoms with Crippen molar-refractivity contribution in [1.29, 1.82) is 0 Å². The van der Waals surface area contributed by atoms with Crippen LogP contribution in [0.5, 0.6) is 0 Å². The summed E-state index contributed by atoms with van der Waals surface area (Å²) >= 11 is 0. The molecule has 0 aliphatic rings. The molecular weight excluding hydrogens is 371 g/mol. The fourth-order valence-corrected chi connectivity index (χ4v) is 5.70. The third kappa shape index (κ3) is 3.32. The summed E-state index contributed by atoms with van der Waals surface area (Å²) in [7, 11) is -8.38. The third-order valence-electron chi connectivity index (χ3n) is 3.14. The van der Waals surface area contributed by atoms with Crippen molar-refractivity contribution in [2.45, 2.75) is 10.4 Å². The monoisotopic (exact) mass is 384 g/mol. The van der Waals surface area contributed by atoms with Crippen LogP contribution in [0.15, 0.2) is 41.3 Å². The molecule has 0 bridgehead atoms. The summed E-state index contributed by atoms with van der Waals surface area (Å²) in [4.78, 5) is 10.7. The number of halogens is 3. The van der Waals surface area contributed by atoms with Gasteiger partial charge in [0.1, 0.15) is 10.3 Å². The van der Waals surface area contributed by atoms with Crippen molar-refractivity contribution in [2.24, 2.45) is 0 Å². The average molecular weight is 384 g/mol. The zero-order chi connectivity index (χ0) is 18.3. The SMILES string of the molecule is CS(C)([O+]=S(=O)(O)C(F)(F)F)c1ccc([N+](=O)[O-])c2ccccc12. The van der Waals surface area contributed by atoms with Gasteiger partial charge in [0.2, 0.25) is 0 Å². The highest BCUT2D eigenvalue weighted by atomic mass is 32.3. The van der Waals surface area contributed by atoms with Crippen LogP contribution < -0.4 is 0 Å². The van der Waals surface area contributed by atoms with Crippen LogP contribution in [0.25, 0.3) is 10.8 Å². The van der Waals surface area contributed by atoms with Crippen molar-refractivity contribution in [3.8, 4) is 0 Å². The highest BCUT2D eigenvalue weighted by Gasteiger charge is 2.55. The minimum Gasteiger partial charge on any atom is -0.258 e. The van der Waals surface area contributed by atoms with Crippen molar-refractivity contribution >= 4 is 36.9 Å². The molecule has 0 aliphatic carbocycles. The molecule has 2 rings (SSSR count). The van der Waals surface area contributed by atoms with E-state index < -0.39 is 30.9 Å². The Kier molecular flexibility index (Phi) is 4.55. The number of hydrogen-bond donors (Lipinski definition) is 1. The molecule has 2 aromatic carbocycles. The summed E-state index contributed by atoms with van der Waals surface area (Å²) in [6, 6.07) is 8.44. The summed E-state index contributed by atoms with van der Waals surface area (Å²) in [6.07, 6.45) is 2.53. The molecule has 1 unspecified atom stereocenters. The Morgan fingerprint density at radius 2 is 1.67 bits per heavy atom. The number of rotatable bonds is 3. The van der Waals surface area contributed by atoms with Crippen LogP contribution in [0.1, 0.15) is 0 Å². The van der Waals surface area contributed by atoms with E-state index in [0.29, 0.717) is 5.39 Å². The summed E-state index contributed by atoms with van der Waals surface area (Å²) in [6.45, 7) is 0. The summed E-state index contributed by atoms with van der Waals surface area (Å²) < 4.78 is 63.1. The number of benzene rings is 2.